The van der Waals surface area contributed by atoms with E-state index in [1.165, 1.54) is 30.6 Å². The van der Waals surface area contributed by atoms with Crippen LogP contribution in [0, 0.1) is 0 Å². The molecule has 5 heteroatoms. The Hall–Kier alpha value is -1.75. The standard InChI is InChI=1S/C19H23N3OS/c23-19(18-6-5-17(24-18)15-3-1-2-4-15)22-11-8-14(9-12-22)16-7-10-20-13-21-16/h5-7,10,13-15H,1-4,8-9,11-12H2. The number of nitrogens with zero attached hydrogens (tertiary/aromatic N) is 3. The van der Waals surface area contributed by atoms with Gasteiger partial charge in [-0.3, -0.25) is 4.79 Å². The van der Waals surface area contributed by atoms with E-state index in [0.717, 1.165) is 36.5 Å². The molecule has 1 aliphatic heterocycles. The zero-order valence-electron chi connectivity index (χ0n) is 13.9. The van der Waals surface area contributed by atoms with E-state index < -0.39 is 0 Å². The summed E-state index contributed by atoms with van der Waals surface area (Å²) < 4.78 is 0. The molecular formula is C19H23N3OS. The van der Waals surface area contributed by atoms with Crippen LogP contribution in [0.3, 0.4) is 0 Å². The first-order chi connectivity index (χ1) is 11.8. The summed E-state index contributed by atoms with van der Waals surface area (Å²) in [5.41, 5.74) is 1.11. The lowest BCUT2D eigenvalue weighted by atomic mass is 9.93. The minimum Gasteiger partial charge on any atom is -0.338 e. The smallest absolute Gasteiger partial charge is 0.263 e. The van der Waals surface area contributed by atoms with Gasteiger partial charge < -0.3 is 4.90 Å². The van der Waals surface area contributed by atoms with Gasteiger partial charge in [-0.15, -0.1) is 11.3 Å². The molecule has 0 radical (unpaired) electrons. The number of piperidine rings is 1. The molecule has 2 aromatic heterocycles. The van der Waals surface area contributed by atoms with Gasteiger partial charge in [-0.25, -0.2) is 9.97 Å². The van der Waals surface area contributed by atoms with Crippen molar-refractivity contribution in [3.05, 3.63) is 46.2 Å². The molecule has 4 rings (SSSR count). The average Bonchev–Trinajstić information content (AvgIpc) is 3.33. The molecule has 3 heterocycles. The fraction of sp³-hybridized carbons (Fsp3) is 0.526. The molecule has 1 aliphatic carbocycles. The largest absolute Gasteiger partial charge is 0.338 e. The molecule has 1 saturated carbocycles. The highest BCUT2D eigenvalue weighted by atomic mass is 32.1. The first-order valence-corrected chi connectivity index (χ1v) is 9.78. The molecular weight excluding hydrogens is 318 g/mol. The van der Waals surface area contributed by atoms with Gasteiger partial charge >= 0.3 is 0 Å². The Balaban J connectivity index is 1.38. The molecule has 0 bridgehead atoms. The molecule has 0 unspecified atom stereocenters. The Kier molecular flexibility index (Phi) is 4.60. The molecule has 0 aromatic carbocycles. The van der Waals surface area contributed by atoms with Gasteiger partial charge in [0, 0.05) is 35.8 Å². The van der Waals surface area contributed by atoms with E-state index in [9.17, 15) is 4.79 Å². The molecule has 0 N–H and O–H groups in total. The number of thiophene rings is 1. The topological polar surface area (TPSA) is 46.1 Å². The summed E-state index contributed by atoms with van der Waals surface area (Å²) >= 11 is 1.72. The molecule has 1 saturated heterocycles. The summed E-state index contributed by atoms with van der Waals surface area (Å²) in [7, 11) is 0. The lowest BCUT2D eigenvalue weighted by Crippen LogP contribution is -2.37. The van der Waals surface area contributed by atoms with E-state index in [1.54, 1.807) is 23.9 Å². The van der Waals surface area contributed by atoms with Gasteiger partial charge in [0.25, 0.3) is 5.91 Å². The third kappa shape index (κ3) is 3.22. The van der Waals surface area contributed by atoms with Crippen LogP contribution in [0.15, 0.2) is 30.7 Å². The highest BCUT2D eigenvalue weighted by Gasteiger charge is 2.27. The number of carbonyl (C=O) groups is 1. The van der Waals surface area contributed by atoms with Gasteiger partial charge in [0.2, 0.25) is 0 Å². The van der Waals surface area contributed by atoms with Crippen molar-refractivity contribution in [1.82, 2.24) is 14.9 Å². The SMILES string of the molecule is O=C(c1ccc(C2CCCC2)s1)N1CCC(c2ccncn2)CC1. The fourth-order valence-corrected chi connectivity index (χ4v) is 5.12. The van der Waals surface area contributed by atoms with Crippen LogP contribution in [0.25, 0.3) is 0 Å². The number of rotatable bonds is 3. The van der Waals surface area contributed by atoms with Crippen LogP contribution in [-0.4, -0.2) is 33.9 Å². The molecule has 2 fully saturated rings. The van der Waals surface area contributed by atoms with Crippen LogP contribution in [0.2, 0.25) is 0 Å². The third-order valence-electron chi connectivity index (χ3n) is 5.40. The van der Waals surface area contributed by atoms with Gasteiger partial charge in [-0.2, -0.15) is 0 Å². The minimum absolute atomic E-state index is 0.213. The number of amides is 1. The van der Waals surface area contributed by atoms with Crippen LogP contribution in [-0.2, 0) is 0 Å². The number of carbonyl (C=O) groups excluding carboxylic acids is 1. The first-order valence-electron chi connectivity index (χ1n) is 8.96. The lowest BCUT2D eigenvalue weighted by Gasteiger charge is -2.31. The summed E-state index contributed by atoms with van der Waals surface area (Å²) in [6.45, 7) is 1.65. The number of aromatic nitrogens is 2. The second-order valence-corrected chi connectivity index (χ2v) is 8.00. The van der Waals surface area contributed by atoms with Crippen molar-refractivity contribution in [3.8, 4) is 0 Å². The van der Waals surface area contributed by atoms with Crippen molar-refractivity contribution in [3.63, 3.8) is 0 Å². The van der Waals surface area contributed by atoms with Crippen LogP contribution >= 0.6 is 11.3 Å². The molecule has 0 atom stereocenters. The van der Waals surface area contributed by atoms with Crippen molar-refractivity contribution < 1.29 is 4.79 Å². The molecule has 4 nitrogen and oxygen atoms in total. The maximum Gasteiger partial charge on any atom is 0.263 e. The van der Waals surface area contributed by atoms with Crippen LogP contribution < -0.4 is 0 Å². The molecule has 2 aliphatic rings. The zero-order chi connectivity index (χ0) is 16.4. The lowest BCUT2D eigenvalue weighted by molar-refractivity contribution is 0.0717. The van der Waals surface area contributed by atoms with Crippen LogP contribution in [0.1, 0.15) is 70.6 Å². The van der Waals surface area contributed by atoms with E-state index in [2.05, 4.69) is 16.0 Å². The van der Waals surface area contributed by atoms with Crippen molar-refractivity contribution in [2.24, 2.45) is 0 Å². The Bertz CT molecular complexity index is 686. The summed E-state index contributed by atoms with van der Waals surface area (Å²) in [5.74, 6) is 1.36. The van der Waals surface area contributed by atoms with E-state index >= 15 is 0 Å². The number of hydrogen-bond acceptors (Lipinski definition) is 4. The van der Waals surface area contributed by atoms with Gasteiger partial charge in [-0.05, 0) is 49.8 Å². The molecule has 2 aromatic rings. The Morgan fingerprint density at radius 2 is 1.83 bits per heavy atom. The summed E-state index contributed by atoms with van der Waals surface area (Å²) in [4.78, 5) is 25.5. The summed E-state index contributed by atoms with van der Waals surface area (Å²) in [6, 6.07) is 6.22. The first kappa shape index (κ1) is 15.8. The summed E-state index contributed by atoms with van der Waals surface area (Å²) in [6.07, 6.45) is 10.6. The van der Waals surface area contributed by atoms with E-state index in [-0.39, 0.29) is 5.91 Å². The quantitative estimate of drug-likeness (QED) is 0.840. The van der Waals surface area contributed by atoms with E-state index in [4.69, 9.17) is 0 Å². The van der Waals surface area contributed by atoms with E-state index in [1.807, 2.05) is 17.0 Å². The van der Waals surface area contributed by atoms with Crippen molar-refractivity contribution in [2.45, 2.75) is 50.4 Å². The molecule has 1 amide bonds. The minimum atomic E-state index is 0.213. The van der Waals surface area contributed by atoms with Gasteiger partial charge in [0.15, 0.2) is 0 Å². The summed E-state index contributed by atoms with van der Waals surface area (Å²) in [5, 5.41) is 0. The normalized spacial score (nSPS) is 19.8. The Morgan fingerprint density at radius 3 is 2.54 bits per heavy atom. The number of hydrogen-bond donors (Lipinski definition) is 0. The highest BCUT2D eigenvalue weighted by Crippen LogP contribution is 2.38. The monoisotopic (exact) mass is 341 g/mol. The van der Waals surface area contributed by atoms with Gasteiger partial charge in [-0.1, -0.05) is 12.8 Å². The fourth-order valence-electron chi connectivity index (χ4n) is 3.97. The van der Waals surface area contributed by atoms with Crippen molar-refractivity contribution >= 4 is 17.2 Å². The predicted molar refractivity (Wildman–Crippen MR) is 95.4 cm³/mol. The Morgan fingerprint density at radius 1 is 1.04 bits per heavy atom. The molecule has 126 valence electrons. The maximum absolute atomic E-state index is 12.8. The van der Waals surface area contributed by atoms with Crippen LogP contribution in [0.4, 0.5) is 0 Å². The van der Waals surface area contributed by atoms with Crippen molar-refractivity contribution in [2.75, 3.05) is 13.1 Å². The third-order valence-corrected chi connectivity index (χ3v) is 6.64. The maximum atomic E-state index is 12.8. The van der Waals surface area contributed by atoms with E-state index in [0.29, 0.717) is 11.8 Å². The van der Waals surface area contributed by atoms with Crippen molar-refractivity contribution in [1.29, 1.82) is 0 Å². The average molecular weight is 341 g/mol. The second-order valence-electron chi connectivity index (χ2n) is 6.88. The molecule has 24 heavy (non-hydrogen) atoms. The Labute approximate surface area is 146 Å². The molecule has 0 spiro atoms. The van der Waals surface area contributed by atoms with Crippen LogP contribution in [0.5, 0.6) is 0 Å². The second kappa shape index (κ2) is 7.01. The zero-order valence-corrected chi connectivity index (χ0v) is 14.7. The van der Waals surface area contributed by atoms with Gasteiger partial charge in [0.1, 0.15) is 6.33 Å². The van der Waals surface area contributed by atoms with Gasteiger partial charge in [0.05, 0.1) is 4.88 Å². The highest BCUT2D eigenvalue weighted by molar-refractivity contribution is 7.14. The predicted octanol–water partition coefficient (Wildman–Crippen LogP) is 4.22. The number of likely N-dealkylation sites (tertiary alicyclic amines) is 1.